The molecule has 1 heteroatoms. The van der Waals surface area contributed by atoms with E-state index < -0.39 is 0 Å². The molecule has 1 nitrogen and oxygen atoms in total. The summed E-state index contributed by atoms with van der Waals surface area (Å²) in [4.78, 5) is 0. The maximum Gasteiger partial charge on any atom is 0.0317 e. The van der Waals surface area contributed by atoms with Crippen LogP contribution in [0.2, 0.25) is 0 Å². The summed E-state index contributed by atoms with van der Waals surface area (Å²) in [5.74, 6) is 1.88. The van der Waals surface area contributed by atoms with Crippen molar-refractivity contribution in [2.75, 3.05) is 6.54 Å². The predicted octanol–water partition coefficient (Wildman–Crippen LogP) is 3.95. The molecular weight excluding hydrogens is 206 g/mol. The van der Waals surface area contributed by atoms with Gasteiger partial charge in [0.05, 0.1) is 0 Å². The highest BCUT2D eigenvalue weighted by Crippen LogP contribution is 2.37. The van der Waals surface area contributed by atoms with E-state index in [4.69, 9.17) is 0 Å². The van der Waals surface area contributed by atoms with Crippen LogP contribution >= 0.6 is 0 Å². The fourth-order valence-electron chi connectivity index (χ4n) is 2.46. The molecule has 1 aliphatic rings. The van der Waals surface area contributed by atoms with Crippen LogP contribution in [0.4, 0.5) is 0 Å². The van der Waals surface area contributed by atoms with Gasteiger partial charge >= 0.3 is 0 Å². The molecular formula is C16H25N. The third-order valence-electron chi connectivity index (χ3n) is 4.10. The first kappa shape index (κ1) is 12.6. The van der Waals surface area contributed by atoms with Crippen molar-refractivity contribution >= 4 is 0 Å². The Hall–Kier alpha value is -0.820. The van der Waals surface area contributed by atoms with Gasteiger partial charge in [-0.15, -0.1) is 0 Å². The molecule has 0 aromatic heterocycles. The normalized spacial score (nSPS) is 24.6. The molecule has 0 saturated heterocycles. The van der Waals surface area contributed by atoms with Gasteiger partial charge < -0.3 is 5.32 Å². The Balaban J connectivity index is 1.91. The molecule has 0 heterocycles. The molecule has 1 aromatic rings. The minimum absolute atomic E-state index is 0.536. The lowest BCUT2D eigenvalue weighted by Gasteiger charge is -2.17. The van der Waals surface area contributed by atoms with E-state index in [2.05, 4.69) is 50.4 Å². The third kappa shape index (κ3) is 3.32. The predicted molar refractivity (Wildman–Crippen MR) is 74.1 cm³/mol. The Labute approximate surface area is 106 Å². The second-order valence-corrected chi connectivity index (χ2v) is 5.44. The Morgan fingerprint density at radius 2 is 1.88 bits per heavy atom. The molecule has 1 saturated carbocycles. The van der Waals surface area contributed by atoms with Crippen molar-refractivity contribution in [1.29, 1.82) is 0 Å². The largest absolute Gasteiger partial charge is 0.310 e. The van der Waals surface area contributed by atoms with Crippen LogP contribution in [-0.2, 0) is 6.42 Å². The number of aryl methyl sites for hydroxylation is 1. The second-order valence-electron chi connectivity index (χ2n) is 5.44. The van der Waals surface area contributed by atoms with Gasteiger partial charge in [0, 0.05) is 6.04 Å². The Bertz CT molecular complexity index is 341. The quantitative estimate of drug-likeness (QED) is 0.782. The van der Waals surface area contributed by atoms with Crippen LogP contribution in [0.15, 0.2) is 24.3 Å². The minimum Gasteiger partial charge on any atom is -0.310 e. The van der Waals surface area contributed by atoms with Crippen LogP contribution in [0.1, 0.15) is 50.8 Å². The molecule has 0 aliphatic heterocycles. The topological polar surface area (TPSA) is 12.0 Å². The van der Waals surface area contributed by atoms with Crippen molar-refractivity contribution in [3.8, 4) is 0 Å². The second kappa shape index (κ2) is 5.68. The highest BCUT2D eigenvalue weighted by molar-refractivity contribution is 5.25. The van der Waals surface area contributed by atoms with E-state index in [0.717, 1.165) is 18.3 Å². The number of hydrogen-bond acceptors (Lipinski definition) is 1. The molecule has 3 unspecified atom stereocenters. The lowest BCUT2D eigenvalue weighted by Crippen LogP contribution is -2.23. The lowest BCUT2D eigenvalue weighted by molar-refractivity contribution is 0.493. The van der Waals surface area contributed by atoms with Crippen LogP contribution in [-0.4, -0.2) is 6.54 Å². The smallest absolute Gasteiger partial charge is 0.0317 e. The summed E-state index contributed by atoms with van der Waals surface area (Å²) in [5.41, 5.74) is 2.87. The van der Waals surface area contributed by atoms with Gasteiger partial charge in [0.1, 0.15) is 0 Å². The van der Waals surface area contributed by atoms with Crippen LogP contribution < -0.4 is 5.32 Å². The summed E-state index contributed by atoms with van der Waals surface area (Å²) in [6, 6.07) is 9.64. The molecule has 2 rings (SSSR count). The van der Waals surface area contributed by atoms with Gasteiger partial charge in [-0.1, -0.05) is 45.0 Å². The zero-order chi connectivity index (χ0) is 12.3. The molecule has 0 radical (unpaired) electrons. The molecule has 0 spiro atoms. The summed E-state index contributed by atoms with van der Waals surface area (Å²) in [7, 11) is 0. The summed E-state index contributed by atoms with van der Waals surface area (Å²) < 4.78 is 0. The standard InChI is InChI=1S/C16H25N/c1-4-13-6-8-14(9-7-13)16(5-2)17-11-15-10-12(15)3/h6-9,12,15-17H,4-5,10-11H2,1-3H3. The maximum absolute atomic E-state index is 3.72. The molecule has 1 aliphatic carbocycles. The van der Waals surface area contributed by atoms with Gasteiger partial charge in [-0.05, 0) is 48.8 Å². The number of nitrogens with one attached hydrogen (secondary N) is 1. The fourth-order valence-corrected chi connectivity index (χ4v) is 2.46. The first-order valence-electron chi connectivity index (χ1n) is 7.06. The molecule has 94 valence electrons. The SMILES string of the molecule is CCc1ccc(C(CC)NCC2CC2C)cc1. The third-order valence-corrected chi connectivity index (χ3v) is 4.10. The van der Waals surface area contributed by atoms with Crippen molar-refractivity contribution in [2.24, 2.45) is 11.8 Å². The van der Waals surface area contributed by atoms with E-state index in [-0.39, 0.29) is 0 Å². The van der Waals surface area contributed by atoms with Gasteiger partial charge in [-0.25, -0.2) is 0 Å². The molecule has 1 aromatic carbocycles. The van der Waals surface area contributed by atoms with E-state index >= 15 is 0 Å². The number of rotatable bonds is 6. The average Bonchev–Trinajstić information content (AvgIpc) is 3.07. The lowest BCUT2D eigenvalue weighted by atomic mass is 10.0. The van der Waals surface area contributed by atoms with Gasteiger partial charge in [0.25, 0.3) is 0 Å². The van der Waals surface area contributed by atoms with E-state index in [9.17, 15) is 0 Å². The summed E-state index contributed by atoms with van der Waals surface area (Å²) >= 11 is 0. The maximum atomic E-state index is 3.72. The van der Waals surface area contributed by atoms with E-state index in [0.29, 0.717) is 6.04 Å². The number of benzene rings is 1. The monoisotopic (exact) mass is 231 g/mol. The zero-order valence-corrected chi connectivity index (χ0v) is 11.4. The summed E-state index contributed by atoms with van der Waals surface area (Å²) in [6.45, 7) is 8.01. The van der Waals surface area contributed by atoms with Gasteiger partial charge in [0.15, 0.2) is 0 Å². The number of hydrogen-bond donors (Lipinski definition) is 1. The van der Waals surface area contributed by atoms with E-state index in [1.54, 1.807) is 0 Å². The zero-order valence-electron chi connectivity index (χ0n) is 11.4. The molecule has 3 atom stereocenters. The van der Waals surface area contributed by atoms with Crippen LogP contribution in [0.5, 0.6) is 0 Å². The highest BCUT2D eigenvalue weighted by atomic mass is 14.9. The van der Waals surface area contributed by atoms with Crippen molar-refractivity contribution in [3.05, 3.63) is 35.4 Å². The van der Waals surface area contributed by atoms with Crippen molar-refractivity contribution < 1.29 is 0 Å². The molecule has 0 bridgehead atoms. The molecule has 1 N–H and O–H groups in total. The minimum atomic E-state index is 0.536. The molecule has 1 fully saturated rings. The van der Waals surface area contributed by atoms with Crippen LogP contribution in [0.25, 0.3) is 0 Å². The molecule has 0 amide bonds. The Kier molecular flexibility index (Phi) is 4.22. The van der Waals surface area contributed by atoms with Crippen molar-refractivity contribution in [3.63, 3.8) is 0 Å². The summed E-state index contributed by atoms with van der Waals surface area (Å²) in [5, 5.41) is 3.72. The average molecular weight is 231 g/mol. The molecule has 17 heavy (non-hydrogen) atoms. The van der Waals surface area contributed by atoms with Gasteiger partial charge in [-0.3, -0.25) is 0 Å². The Morgan fingerprint density at radius 1 is 1.24 bits per heavy atom. The summed E-state index contributed by atoms with van der Waals surface area (Å²) in [6.07, 6.45) is 3.72. The fraction of sp³-hybridized carbons (Fsp3) is 0.625. The first-order valence-corrected chi connectivity index (χ1v) is 7.06. The van der Waals surface area contributed by atoms with E-state index in [1.807, 2.05) is 0 Å². The Morgan fingerprint density at radius 3 is 2.35 bits per heavy atom. The van der Waals surface area contributed by atoms with Crippen molar-refractivity contribution in [1.82, 2.24) is 5.32 Å². The van der Waals surface area contributed by atoms with Crippen molar-refractivity contribution in [2.45, 2.75) is 46.1 Å². The first-order chi connectivity index (χ1) is 8.24. The highest BCUT2D eigenvalue weighted by Gasteiger charge is 2.32. The van der Waals surface area contributed by atoms with Crippen LogP contribution in [0, 0.1) is 11.8 Å². The van der Waals surface area contributed by atoms with Gasteiger partial charge in [0.2, 0.25) is 0 Å². The van der Waals surface area contributed by atoms with Crippen LogP contribution in [0.3, 0.4) is 0 Å². The van der Waals surface area contributed by atoms with Gasteiger partial charge in [-0.2, -0.15) is 0 Å². The van der Waals surface area contributed by atoms with E-state index in [1.165, 1.54) is 30.5 Å².